The summed E-state index contributed by atoms with van der Waals surface area (Å²) in [4.78, 5) is 21.2. The molecule has 1 saturated heterocycles. The lowest BCUT2D eigenvalue weighted by Crippen LogP contribution is -2.48. The van der Waals surface area contributed by atoms with Crippen molar-refractivity contribution in [2.24, 2.45) is 5.73 Å². The van der Waals surface area contributed by atoms with E-state index in [4.69, 9.17) is 5.73 Å². The van der Waals surface area contributed by atoms with Gasteiger partial charge in [-0.05, 0) is 25.3 Å². The molecule has 0 saturated carbocycles. The Morgan fingerprint density at radius 3 is 3.09 bits per heavy atom. The number of nitrogens with two attached hydrogens (primary N) is 1. The molecule has 4 rings (SSSR count). The van der Waals surface area contributed by atoms with Gasteiger partial charge in [0.1, 0.15) is 11.6 Å². The third-order valence-corrected chi connectivity index (χ3v) is 4.30. The molecule has 0 bridgehead atoms. The second-order valence-electron chi connectivity index (χ2n) is 5.60. The number of piperidine rings is 1. The van der Waals surface area contributed by atoms with Crippen molar-refractivity contribution in [1.29, 1.82) is 0 Å². The highest BCUT2D eigenvalue weighted by Crippen LogP contribution is 2.33. The number of hydrogen-bond donors (Lipinski definition) is 2. The van der Waals surface area contributed by atoms with Crippen molar-refractivity contribution in [3.63, 3.8) is 0 Å². The Hall–Kier alpha value is -2.70. The number of nitrogens with zero attached hydrogens (tertiary/aromatic N) is 4. The van der Waals surface area contributed by atoms with Crippen molar-refractivity contribution in [1.82, 2.24) is 20.2 Å². The first-order valence-corrected chi connectivity index (χ1v) is 7.39. The van der Waals surface area contributed by atoms with Gasteiger partial charge in [0.25, 0.3) is 0 Å². The average molecular weight is 296 g/mol. The van der Waals surface area contributed by atoms with Crippen LogP contribution in [0, 0.1) is 0 Å². The number of pyridine rings is 1. The summed E-state index contributed by atoms with van der Waals surface area (Å²) in [7, 11) is 0. The molecule has 7 nitrogen and oxygen atoms in total. The van der Waals surface area contributed by atoms with Gasteiger partial charge in [0.2, 0.25) is 5.91 Å². The lowest BCUT2D eigenvalue weighted by molar-refractivity contribution is -0.119. The molecule has 0 aliphatic carbocycles. The summed E-state index contributed by atoms with van der Waals surface area (Å²) < 4.78 is 0. The lowest BCUT2D eigenvalue weighted by atomic mass is 10.00. The molecule has 3 aromatic heterocycles. The molecule has 3 aromatic rings. The van der Waals surface area contributed by atoms with Gasteiger partial charge in [-0.2, -0.15) is 0 Å². The number of carbonyl (C=O) groups is 1. The maximum absolute atomic E-state index is 11.8. The maximum atomic E-state index is 11.8. The smallest absolute Gasteiger partial charge is 0.240 e. The number of primary amides is 1. The molecular formula is C15H16N6O. The fourth-order valence-corrected chi connectivity index (χ4v) is 3.27. The van der Waals surface area contributed by atoms with E-state index < -0.39 is 0 Å². The van der Waals surface area contributed by atoms with Crippen LogP contribution >= 0.6 is 0 Å². The van der Waals surface area contributed by atoms with E-state index in [1.807, 2.05) is 12.3 Å². The van der Waals surface area contributed by atoms with Gasteiger partial charge >= 0.3 is 0 Å². The summed E-state index contributed by atoms with van der Waals surface area (Å²) in [5.74, 6) is -0.288. The molecule has 22 heavy (non-hydrogen) atoms. The number of rotatable bonds is 2. The van der Waals surface area contributed by atoms with Crippen LogP contribution in [0.4, 0.5) is 5.69 Å². The standard InChI is InChI=1S/C15H16N6O/c16-14(22)11-3-1-2-6-21(11)12-8-17-7-10-13(12)9-4-5-18-15(9)20-19-10/h4-5,7-8,11H,1-3,6H2,(H2,16,22)(H,18,20). The molecule has 1 aliphatic heterocycles. The minimum Gasteiger partial charge on any atom is -0.368 e. The van der Waals surface area contributed by atoms with Gasteiger partial charge in [0.05, 0.1) is 18.1 Å². The second kappa shape index (κ2) is 4.94. The number of hydrogen-bond acceptors (Lipinski definition) is 5. The van der Waals surface area contributed by atoms with Crippen LogP contribution in [-0.4, -0.2) is 38.7 Å². The van der Waals surface area contributed by atoms with E-state index in [2.05, 4.69) is 25.1 Å². The van der Waals surface area contributed by atoms with Gasteiger partial charge in [0, 0.05) is 23.5 Å². The summed E-state index contributed by atoms with van der Waals surface area (Å²) in [6, 6.07) is 1.68. The Kier molecular flexibility index (Phi) is 2.92. The van der Waals surface area contributed by atoms with E-state index in [1.54, 1.807) is 12.4 Å². The molecule has 1 atom stereocenters. The molecule has 0 radical (unpaired) electrons. The average Bonchev–Trinajstić information content (AvgIpc) is 3.03. The number of aromatic nitrogens is 4. The lowest BCUT2D eigenvalue weighted by Gasteiger charge is -2.35. The van der Waals surface area contributed by atoms with Crippen molar-refractivity contribution in [2.45, 2.75) is 25.3 Å². The topological polar surface area (TPSA) is 101 Å². The summed E-state index contributed by atoms with van der Waals surface area (Å²) in [5, 5.41) is 10.3. The van der Waals surface area contributed by atoms with E-state index in [-0.39, 0.29) is 11.9 Å². The van der Waals surface area contributed by atoms with Gasteiger partial charge in [-0.15, -0.1) is 10.2 Å². The molecule has 3 N–H and O–H groups in total. The maximum Gasteiger partial charge on any atom is 0.240 e. The minimum atomic E-state index is -0.289. The fraction of sp³-hybridized carbons (Fsp3) is 0.333. The molecule has 1 aliphatic rings. The normalized spacial score (nSPS) is 18.9. The fourth-order valence-electron chi connectivity index (χ4n) is 3.27. The van der Waals surface area contributed by atoms with Crippen molar-refractivity contribution >= 4 is 33.5 Å². The first-order chi connectivity index (χ1) is 10.8. The largest absolute Gasteiger partial charge is 0.368 e. The van der Waals surface area contributed by atoms with Crippen LogP contribution in [0.15, 0.2) is 24.7 Å². The van der Waals surface area contributed by atoms with Gasteiger partial charge < -0.3 is 15.6 Å². The number of carbonyl (C=O) groups excluding carboxylic acids is 1. The molecule has 1 unspecified atom stereocenters. The molecular weight excluding hydrogens is 280 g/mol. The number of aromatic amines is 1. The van der Waals surface area contributed by atoms with Gasteiger partial charge in [-0.1, -0.05) is 0 Å². The van der Waals surface area contributed by atoms with Crippen LogP contribution in [0.25, 0.3) is 21.9 Å². The molecule has 0 aromatic carbocycles. The van der Waals surface area contributed by atoms with Crippen molar-refractivity contribution in [3.8, 4) is 0 Å². The molecule has 1 fully saturated rings. The number of anilines is 1. The third-order valence-electron chi connectivity index (χ3n) is 4.30. The van der Waals surface area contributed by atoms with Gasteiger partial charge in [-0.3, -0.25) is 9.78 Å². The Labute approximate surface area is 126 Å². The quantitative estimate of drug-likeness (QED) is 0.743. The Bertz CT molecular complexity index is 857. The predicted molar refractivity (Wildman–Crippen MR) is 83.4 cm³/mol. The molecule has 7 heteroatoms. The summed E-state index contributed by atoms with van der Waals surface area (Å²) in [6.45, 7) is 0.794. The highest BCUT2D eigenvalue weighted by atomic mass is 16.1. The van der Waals surface area contributed by atoms with Crippen LogP contribution in [0.3, 0.4) is 0 Å². The minimum absolute atomic E-state index is 0.288. The zero-order valence-electron chi connectivity index (χ0n) is 12.0. The number of amides is 1. The Morgan fingerprint density at radius 1 is 1.32 bits per heavy atom. The van der Waals surface area contributed by atoms with E-state index in [0.717, 1.165) is 53.4 Å². The third kappa shape index (κ3) is 1.89. The predicted octanol–water partition coefficient (Wildman–Crippen LogP) is 1.35. The highest BCUT2D eigenvalue weighted by molar-refractivity contribution is 6.10. The van der Waals surface area contributed by atoms with Crippen molar-refractivity contribution in [2.75, 3.05) is 11.4 Å². The van der Waals surface area contributed by atoms with E-state index >= 15 is 0 Å². The van der Waals surface area contributed by atoms with Crippen molar-refractivity contribution < 1.29 is 4.79 Å². The molecule has 4 heterocycles. The molecule has 0 spiro atoms. The highest BCUT2D eigenvalue weighted by Gasteiger charge is 2.29. The van der Waals surface area contributed by atoms with Crippen molar-refractivity contribution in [3.05, 3.63) is 24.7 Å². The first-order valence-electron chi connectivity index (χ1n) is 7.39. The number of fused-ring (bicyclic) bond motifs is 3. The Balaban J connectivity index is 1.97. The van der Waals surface area contributed by atoms with Crippen LogP contribution in [0.5, 0.6) is 0 Å². The van der Waals surface area contributed by atoms with Crippen LogP contribution in [-0.2, 0) is 4.79 Å². The van der Waals surface area contributed by atoms with E-state index in [9.17, 15) is 4.79 Å². The zero-order valence-corrected chi connectivity index (χ0v) is 12.0. The molecule has 112 valence electrons. The summed E-state index contributed by atoms with van der Waals surface area (Å²) in [5.41, 5.74) is 7.95. The van der Waals surface area contributed by atoms with Gasteiger partial charge in [0.15, 0.2) is 5.65 Å². The zero-order chi connectivity index (χ0) is 15.1. The second-order valence-corrected chi connectivity index (χ2v) is 5.60. The molecule has 1 amide bonds. The van der Waals surface area contributed by atoms with Crippen LogP contribution in [0.2, 0.25) is 0 Å². The summed E-state index contributed by atoms with van der Waals surface area (Å²) >= 11 is 0. The number of nitrogens with one attached hydrogen (secondary N) is 1. The first kappa shape index (κ1) is 13.0. The monoisotopic (exact) mass is 296 g/mol. The number of H-pyrrole nitrogens is 1. The van der Waals surface area contributed by atoms with Crippen LogP contribution < -0.4 is 10.6 Å². The van der Waals surface area contributed by atoms with E-state index in [1.165, 1.54) is 0 Å². The summed E-state index contributed by atoms with van der Waals surface area (Å²) in [6.07, 6.45) is 8.15. The SMILES string of the molecule is NC(=O)C1CCCCN1c1cncc2nnc3[nH]ccc3c12. The van der Waals surface area contributed by atoms with Crippen LogP contribution in [0.1, 0.15) is 19.3 Å². The Morgan fingerprint density at radius 2 is 2.23 bits per heavy atom. The van der Waals surface area contributed by atoms with Gasteiger partial charge in [-0.25, -0.2) is 0 Å². The van der Waals surface area contributed by atoms with E-state index in [0.29, 0.717) is 0 Å².